The van der Waals surface area contributed by atoms with E-state index < -0.39 is 0 Å². The summed E-state index contributed by atoms with van der Waals surface area (Å²) in [5.74, 6) is 1.32. The number of nitrogens with zero attached hydrogens (tertiary/aromatic N) is 1. The number of esters is 1. The second-order valence-electron chi connectivity index (χ2n) is 3.32. The monoisotopic (exact) mass is 239 g/mol. The molecule has 1 aromatic rings. The highest BCUT2D eigenvalue weighted by Crippen LogP contribution is 2.07. The topological polar surface area (TPSA) is 39.2 Å². The lowest BCUT2D eigenvalue weighted by Gasteiger charge is -2.02. The second kappa shape index (κ2) is 8.16. The molecule has 0 saturated carbocycles. The first kappa shape index (κ1) is 13.0. The molecule has 0 fully saturated rings. The molecule has 0 bridgehead atoms. The minimum absolute atomic E-state index is 0.117. The molecule has 0 aliphatic rings. The van der Waals surface area contributed by atoms with Crippen LogP contribution in [-0.2, 0) is 16.0 Å². The summed E-state index contributed by atoms with van der Waals surface area (Å²) in [4.78, 5) is 15.1. The summed E-state index contributed by atoms with van der Waals surface area (Å²) in [6.45, 7) is 2.29. The van der Waals surface area contributed by atoms with E-state index in [1.165, 1.54) is 5.56 Å². The van der Waals surface area contributed by atoms with E-state index in [-0.39, 0.29) is 5.97 Å². The maximum Gasteiger partial charge on any atom is 0.315 e. The third kappa shape index (κ3) is 5.75. The van der Waals surface area contributed by atoms with Crippen LogP contribution in [0.25, 0.3) is 0 Å². The van der Waals surface area contributed by atoms with Crippen LogP contribution < -0.4 is 0 Å². The number of thioether (sulfide) groups is 1. The summed E-state index contributed by atoms with van der Waals surface area (Å²) >= 11 is 1.63. The maximum atomic E-state index is 11.0. The highest BCUT2D eigenvalue weighted by molar-refractivity contribution is 7.99. The smallest absolute Gasteiger partial charge is 0.315 e. The Bertz CT molecular complexity index is 303. The normalized spacial score (nSPS) is 10.1. The molecule has 0 saturated heterocycles. The van der Waals surface area contributed by atoms with Gasteiger partial charge in [0, 0.05) is 12.4 Å². The van der Waals surface area contributed by atoms with Crippen molar-refractivity contribution in [3.63, 3.8) is 0 Å². The first-order valence-electron chi connectivity index (χ1n) is 5.45. The summed E-state index contributed by atoms with van der Waals surface area (Å²) in [5, 5.41) is 0. The van der Waals surface area contributed by atoms with Gasteiger partial charge >= 0.3 is 5.97 Å². The predicted octanol–water partition coefficient (Wildman–Crippen LogP) is 2.31. The van der Waals surface area contributed by atoms with Crippen LogP contribution >= 0.6 is 11.8 Å². The Labute approximate surface area is 101 Å². The van der Waals surface area contributed by atoms with Crippen LogP contribution in [0.4, 0.5) is 0 Å². The van der Waals surface area contributed by atoms with Crippen LogP contribution in [0.3, 0.4) is 0 Å². The SMILES string of the molecule is CCOC(=O)CSCCCc1cccnc1. The predicted molar refractivity (Wildman–Crippen MR) is 66.5 cm³/mol. The molecule has 1 rings (SSSR count). The van der Waals surface area contributed by atoms with Gasteiger partial charge in [-0.05, 0) is 37.1 Å². The Kier molecular flexibility index (Phi) is 6.65. The molecule has 1 aromatic heterocycles. The first-order chi connectivity index (χ1) is 7.83. The van der Waals surface area contributed by atoms with E-state index in [1.54, 1.807) is 18.0 Å². The molecule has 0 radical (unpaired) electrons. The minimum Gasteiger partial charge on any atom is -0.465 e. The highest BCUT2D eigenvalue weighted by Gasteiger charge is 2.01. The lowest BCUT2D eigenvalue weighted by Crippen LogP contribution is -2.07. The van der Waals surface area contributed by atoms with Gasteiger partial charge in [0.2, 0.25) is 0 Å². The summed E-state index contributed by atoms with van der Waals surface area (Å²) in [6.07, 6.45) is 5.74. The number of hydrogen-bond acceptors (Lipinski definition) is 4. The maximum absolute atomic E-state index is 11.0. The van der Waals surface area contributed by atoms with Crippen molar-refractivity contribution >= 4 is 17.7 Å². The molecule has 3 nitrogen and oxygen atoms in total. The number of carbonyl (C=O) groups is 1. The molecule has 88 valence electrons. The molecule has 0 N–H and O–H groups in total. The van der Waals surface area contributed by atoms with Crippen molar-refractivity contribution in [2.75, 3.05) is 18.1 Å². The van der Waals surface area contributed by atoms with Gasteiger partial charge < -0.3 is 4.74 Å². The fourth-order valence-electron chi connectivity index (χ4n) is 1.28. The zero-order valence-electron chi connectivity index (χ0n) is 9.52. The molecule has 0 aliphatic heterocycles. The number of carbonyl (C=O) groups excluding carboxylic acids is 1. The minimum atomic E-state index is -0.117. The summed E-state index contributed by atoms with van der Waals surface area (Å²) in [7, 11) is 0. The van der Waals surface area contributed by atoms with Gasteiger partial charge in [0.1, 0.15) is 0 Å². The Morgan fingerprint density at radius 1 is 1.56 bits per heavy atom. The van der Waals surface area contributed by atoms with Gasteiger partial charge in [-0.1, -0.05) is 6.07 Å². The van der Waals surface area contributed by atoms with E-state index in [0.29, 0.717) is 12.4 Å². The van der Waals surface area contributed by atoms with Crippen molar-refractivity contribution in [2.24, 2.45) is 0 Å². The van der Waals surface area contributed by atoms with Crippen LogP contribution in [0.1, 0.15) is 18.9 Å². The zero-order chi connectivity index (χ0) is 11.6. The molecular weight excluding hydrogens is 222 g/mol. The van der Waals surface area contributed by atoms with Crippen LogP contribution in [-0.4, -0.2) is 29.1 Å². The summed E-state index contributed by atoms with van der Waals surface area (Å²) < 4.78 is 4.84. The van der Waals surface area contributed by atoms with Gasteiger partial charge in [-0.15, -0.1) is 0 Å². The van der Waals surface area contributed by atoms with E-state index in [1.807, 2.05) is 19.2 Å². The standard InChI is InChI=1S/C12H17NO2S/c1-2-15-12(14)10-16-8-4-6-11-5-3-7-13-9-11/h3,5,7,9H,2,4,6,8,10H2,1H3. The zero-order valence-corrected chi connectivity index (χ0v) is 10.3. The molecule has 4 heteroatoms. The summed E-state index contributed by atoms with van der Waals surface area (Å²) in [6, 6.07) is 4.02. The molecule has 0 unspecified atom stereocenters. The van der Waals surface area contributed by atoms with Crippen LogP contribution in [0.5, 0.6) is 0 Å². The number of pyridine rings is 1. The van der Waals surface area contributed by atoms with E-state index >= 15 is 0 Å². The molecule has 0 amide bonds. The molecule has 0 atom stereocenters. The third-order valence-corrected chi connectivity index (χ3v) is 3.02. The van der Waals surface area contributed by atoms with Gasteiger partial charge in [-0.2, -0.15) is 11.8 Å². The quantitative estimate of drug-likeness (QED) is 0.540. The third-order valence-electron chi connectivity index (χ3n) is 2.00. The van der Waals surface area contributed by atoms with Crippen LogP contribution in [0.2, 0.25) is 0 Å². The van der Waals surface area contributed by atoms with Crippen molar-refractivity contribution in [1.29, 1.82) is 0 Å². The first-order valence-corrected chi connectivity index (χ1v) is 6.60. The molecular formula is C12H17NO2S. The van der Waals surface area contributed by atoms with Gasteiger partial charge in [0.25, 0.3) is 0 Å². The van der Waals surface area contributed by atoms with E-state index in [9.17, 15) is 4.79 Å². The van der Waals surface area contributed by atoms with E-state index in [2.05, 4.69) is 11.1 Å². The molecule has 0 spiro atoms. The average molecular weight is 239 g/mol. The Morgan fingerprint density at radius 3 is 3.12 bits per heavy atom. The van der Waals surface area contributed by atoms with Crippen molar-refractivity contribution < 1.29 is 9.53 Å². The number of hydrogen-bond donors (Lipinski definition) is 0. The summed E-state index contributed by atoms with van der Waals surface area (Å²) in [5.41, 5.74) is 1.25. The number of rotatable bonds is 7. The van der Waals surface area contributed by atoms with Crippen molar-refractivity contribution in [3.8, 4) is 0 Å². The number of aromatic nitrogens is 1. The van der Waals surface area contributed by atoms with Gasteiger partial charge in [0.05, 0.1) is 12.4 Å². The van der Waals surface area contributed by atoms with Crippen molar-refractivity contribution in [2.45, 2.75) is 19.8 Å². The van der Waals surface area contributed by atoms with E-state index in [4.69, 9.17) is 4.74 Å². The molecule has 0 aliphatic carbocycles. The molecule has 1 heterocycles. The van der Waals surface area contributed by atoms with E-state index in [0.717, 1.165) is 18.6 Å². The lowest BCUT2D eigenvalue weighted by atomic mass is 10.2. The van der Waals surface area contributed by atoms with Gasteiger partial charge in [-0.25, -0.2) is 0 Å². The number of ether oxygens (including phenoxy) is 1. The average Bonchev–Trinajstić information content (AvgIpc) is 2.30. The number of aryl methyl sites for hydroxylation is 1. The Balaban J connectivity index is 2.02. The van der Waals surface area contributed by atoms with Crippen LogP contribution in [0, 0.1) is 0 Å². The largest absolute Gasteiger partial charge is 0.465 e. The van der Waals surface area contributed by atoms with Crippen molar-refractivity contribution in [3.05, 3.63) is 30.1 Å². The fraction of sp³-hybridized carbons (Fsp3) is 0.500. The van der Waals surface area contributed by atoms with Crippen LogP contribution in [0.15, 0.2) is 24.5 Å². The Hall–Kier alpha value is -1.03. The lowest BCUT2D eigenvalue weighted by molar-refractivity contribution is -0.139. The fourth-order valence-corrected chi connectivity index (χ4v) is 2.03. The Morgan fingerprint density at radius 2 is 2.44 bits per heavy atom. The van der Waals surface area contributed by atoms with Gasteiger partial charge in [-0.3, -0.25) is 9.78 Å². The molecule has 0 aromatic carbocycles. The molecule has 16 heavy (non-hydrogen) atoms. The second-order valence-corrected chi connectivity index (χ2v) is 4.43. The van der Waals surface area contributed by atoms with Crippen molar-refractivity contribution in [1.82, 2.24) is 4.98 Å². The van der Waals surface area contributed by atoms with Gasteiger partial charge in [0.15, 0.2) is 0 Å². The highest BCUT2D eigenvalue weighted by atomic mass is 32.2.